The van der Waals surface area contributed by atoms with Crippen molar-refractivity contribution < 1.29 is 19.1 Å². The number of anilines is 2. The zero-order valence-corrected chi connectivity index (χ0v) is 33.7. The number of aromatic nitrogens is 5. The molecule has 2 N–H and O–H groups in total. The third-order valence-corrected chi connectivity index (χ3v) is 13.6. The molecule has 1 unspecified atom stereocenters. The van der Waals surface area contributed by atoms with Crippen LogP contribution in [0.3, 0.4) is 0 Å². The van der Waals surface area contributed by atoms with Gasteiger partial charge in [0.15, 0.2) is 0 Å². The van der Waals surface area contributed by atoms with Crippen LogP contribution in [0.5, 0.6) is 5.75 Å². The Morgan fingerprint density at radius 3 is 2.49 bits per heavy atom. The molecule has 9 rings (SSSR count). The van der Waals surface area contributed by atoms with Gasteiger partial charge >= 0.3 is 5.69 Å². The number of para-hydroxylation sites is 1. The molecule has 15 heteroatoms. The first kappa shape index (κ1) is 38.5. The molecule has 5 aromatic rings. The number of nitrogens with one attached hydrogen (secondary N) is 2. The van der Waals surface area contributed by atoms with E-state index < -0.39 is 11.9 Å². The number of piperidine rings is 3. The van der Waals surface area contributed by atoms with Gasteiger partial charge in [0.05, 0.1) is 52.2 Å². The van der Waals surface area contributed by atoms with Gasteiger partial charge in [-0.15, -0.1) is 0 Å². The Kier molecular flexibility index (Phi) is 10.2. The number of nitrogens with zero attached hydrogens (tertiary/aromatic N) is 8. The molecule has 2 aromatic carbocycles. The lowest BCUT2D eigenvalue weighted by Gasteiger charge is -2.48. The van der Waals surface area contributed by atoms with E-state index in [0.29, 0.717) is 46.4 Å². The number of carbonyl (C=O) groups is 3. The lowest BCUT2D eigenvalue weighted by atomic mass is 9.71. The van der Waals surface area contributed by atoms with Gasteiger partial charge in [-0.2, -0.15) is 10.4 Å². The van der Waals surface area contributed by atoms with Crippen LogP contribution in [0.25, 0.3) is 21.9 Å². The fraction of sp³-hybridized carbons (Fsp3) is 0.477. The summed E-state index contributed by atoms with van der Waals surface area (Å²) < 4.78 is 10.9. The Morgan fingerprint density at radius 2 is 1.76 bits per heavy atom. The smallest absolute Gasteiger partial charge is 0.329 e. The maximum absolute atomic E-state index is 13.5. The van der Waals surface area contributed by atoms with E-state index in [-0.39, 0.29) is 23.9 Å². The van der Waals surface area contributed by atoms with Crippen LogP contribution in [0.1, 0.15) is 92.2 Å². The monoisotopic (exact) mass is 798 g/mol. The van der Waals surface area contributed by atoms with Crippen LogP contribution >= 0.6 is 0 Å². The molecule has 1 atom stereocenters. The molecule has 6 heterocycles. The molecular weight excluding hydrogens is 749 g/mol. The Hall–Kier alpha value is -6.01. The first-order valence-corrected chi connectivity index (χ1v) is 20.9. The molecule has 1 spiro atoms. The number of benzene rings is 2. The largest absolute Gasteiger partial charge is 0.494 e. The summed E-state index contributed by atoms with van der Waals surface area (Å²) in [5, 5.41) is 20.4. The highest BCUT2D eigenvalue weighted by atomic mass is 16.5. The standard InChI is InChI=1S/C44H50N10O5/c1-50-40-35(4-3-5-36(40)54(43(50)58)37-10-11-39(55)48-42(37)57)52-18-14-44(15-19-52)12-16-51(17-13-44)26-28-6-8-32(9-7-28)53-27-31-21-34(38(59-2)22-33(31)49-53)47-41(56)30-20-29(23-45)24-46-25-30/h3-5,20-22,24-25,27-28,32,37H,6-19,26H2,1-2H3,(H,47,56)(H,48,55,57). The minimum Gasteiger partial charge on any atom is -0.494 e. The van der Waals surface area contributed by atoms with E-state index in [1.54, 1.807) is 23.3 Å². The number of amides is 3. The second kappa shape index (κ2) is 15.6. The second-order valence-corrected chi connectivity index (χ2v) is 17.0. The maximum atomic E-state index is 13.5. The highest BCUT2D eigenvalue weighted by Crippen LogP contribution is 2.44. The van der Waals surface area contributed by atoms with E-state index in [1.165, 1.54) is 31.3 Å². The molecule has 0 bridgehead atoms. The van der Waals surface area contributed by atoms with E-state index in [0.717, 1.165) is 98.9 Å². The first-order chi connectivity index (χ1) is 28.6. The van der Waals surface area contributed by atoms with Crippen LogP contribution in [-0.4, -0.2) is 86.4 Å². The predicted molar refractivity (Wildman–Crippen MR) is 222 cm³/mol. The molecule has 15 nitrogen and oxygen atoms in total. The average molecular weight is 799 g/mol. The molecule has 306 valence electrons. The number of ether oxygens (including phenoxy) is 1. The summed E-state index contributed by atoms with van der Waals surface area (Å²) in [6.45, 7) is 5.26. The van der Waals surface area contributed by atoms with Crippen LogP contribution in [0, 0.1) is 22.7 Å². The van der Waals surface area contributed by atoms with E-state index in [9.17, 15) is 24.4 Å². The molecule has 1 aliphatic carbocycles. The van der Waals surface area contributed by atoms with Gasteiger partial charge in [0.25, 0.3) is 5.91 Å². The molecule has 3 aromatic heterocycles. The van der Waals surface area contributed by atoms with Crippen molar-refractivity contribution in [2.45, 2.75) is 76.3 Å². The maximum Gasteiger partial charge on any atom is 0.329 e. The number of imidazole rings is 1. The quantitative estimate of drug-likeness (QED) is 0.196. The van der Waals surface area contributed by atoms with E-state index >= 15 is 0 Å². The van der Waals surface area contributed by atoms with Gasteiger partial charge in [-0.05, 0) is 106 Å². The number of rotatable bonds is 8. The van der Waals surface area contributed by atoms with Gasteiger partial charge in [-0.3, -0.25) is 38.5 Å². The van der Waals surface area contributed by atoms with Gasteiger partial charge in [-0.25, -0.2) is 4.79 Å². The normalized spacial score (nSPS) is 22.4. The fourth-order valence-corrected chi connectivity index (χ4v) is 10.1. The number of nitriles is 1. The SMILES string of the molecule is COc1cc2nn(C3CCC(CN4CCC5(CC4)CCN(c4cccc6c4n(C)c(=O)n6C4CCC(=O)NC4=O)CC5)CC3)cc2cc1NC(=O)c1cncc(C#N)c1. The van der Waals surface area contributed by atoms with Crippen molar-refractivity contribution in [3.8, 4) is 11.8 Å². The van der Waals surface area contributed by atoms with E-state index in [4.69, 9.17) is 9.84 Å². The highest BCUT2D eigenvalue weighted by molar-refractivity contribution is 6.06. The first-order valence-electron chi connectivity index (χ1n) is 20.9. The van der Waals surface area contributed by atoms with E-state index in [1.807, 2.05) is 30.3 Å². The molecule has 3 saturated heterocycles. The molecule has 4 aliphatic rings. The molecule has 4 fully saturated rings. The number of pyridine rings is 1. The van der Waals surface area contributed by atoms with Gasteiger partial charge in [0, 0.05) is 63.1 Å². The van der Waals surface area contributed by atoms with Gasteiger partial charge in [0.2, 0.25) is 11.8 Å². The summed E-state index contributed by atoms with van der Waals surface area (Å²) in [5.74, 6) is 0.117. The Morgan fingerprint density at radius 1 is 1.00 bits per heavy atom. The number of likely N-dealkylation sites (tertiary alicyclic amines) is 1. The fourth-order valence-electron chi connectivity index (χ4n) is 10.1. The van der Waals surface area contributed by atoms with Crippen LogP contribution < -0.4 is 26.0 Å². The average Bonchev–Trinajstić information content (AvgIpc) is 3.79. The van der Waals surface area contributed by atoms with Crippen molar-refractivity contribution >= 4 is 51.0 Å². The van der Waals surface area contributed by atoms with Crippen molar-refractivity contribution in [1.82, 2.24) is 34.1 Å². The summed E-state index contributed by atoms with van der Waals surface area (Å²) in [6.07, 6.45) is 14.6. The van der Waals surface area contributed by atoms with Gasteiger partial charge < -0.3 is 19.9 Å². The van der Waals surface area contributed by atoms with Crippen LogP contribution in [0.4, 0.5) is 11.4 Å². The molecule has 1 saturated carbocycles. The highest BCUT2D eigenvalue weighted by Gasteiger charge is 2.39. The van der Waals surface area contributed by atoms with E-state index in [2.05, 4.69) is 42.4 Å². The second-order valence-electron chi connectivity index (χ2n) is 17.0. The zero-order chi connectivity index (χ0) is 40.8. The third-order valence-electron chi connectivity index (χ3n) is 13.6. The van der Waals surface area contributed by atoms with Crippen LogP contribution in [0.15, 0.2) is 59.8 Å². The van der Waals surface area contributed by atoms with Crippen molar-refractivity contribution in [3.63, 3.8) is 0 Å². The van der Waals surface area contributed by atoms with Crippen molar-refractivity contribution in [2.24, 2.45) is 18.4 Å². The van der Waals surface area contributed by atoms with Gasteiger partial charge in [0.1, 0.15) is 17.9 Å². The summed E-state index contributed by atoms with van der Waals surface area (Å²) in [6, 6.07) is 12.9. The number of carbonyl (C=O) groups excluding carboxylic acids is 3. The number of hydrogen-bond acceptors (Lipinski definition) is 10. The number of methoxy groups -OCH3 is 1. The number of imide groups is 1. The Labute approximate surface area is 341 Å². The molecular formula is C44H50N10O5. The van der Waals surface area contributed by atoms with Crippen LogP contribution in [-0.2, 0) is 16.6 Å². The topological polar surface area (TPSA) is 172 Å². The summed E-state index contributed by atoms with van der Waals surface area (Å²) in [5.41, 5.74) is 4.70. The molecule has 3 amide bonds. The number of hydrogen-bond donors (Lipinski definition) is 2. The molecule has 0 radical (unpaired) electrons. The Bertz CT molecular complexity index is 2540. The van der Waals surface area contributed by atoms with Crippen molar-refractivity contribution in [2.75, 3.05) is 50.1 Å². The molecule has 3 aliphatic heterocycles. The molecule has 59 heavy (non-hydrogen) atoms. The minimum atomic E-state index is -0.690. The summed E-state index contributed by atoms with van der Waals surface area (Å²) >= 11 is 0. The lowest BCUT2D eigenvalue weighted by Crippen LogP contribution is -2.48. The van der Waals surface area contributed by atoms with Crippen molar-refractivity contribution in [1.29, 1.82) is 5.26 Å². The zero-order valence-electron chi connectivity index (χ0n) is 33.7. The van der Waals surface area contributed by atoms with Crippen LogP contribution in [0.2, 0.25) is 0 Å². The third kappa shape index (κ3) is 7.35. The number of fused-ring (bicyclic) bond motifs is 2. The summed E-state index contributed by atoms with van der Waals surface area (Å²) in [4.78, 5) is 60.2. The van der Waals surface area contributed by atoms with Crippen molar-refractivity contribution in [3.05, 3.63) is 76.6 Å². The lowest BCUT2D eigenvalue weighted by molar-refractivity contribution is -0.135. The number of aryl methyl sites for hydroxylation is 1. The predicted octanol–water partition coefficient (Wildman–Crippen LogP) is 5.31. The Balaban J connectivity index is 0.777. The van der Waals surface area contributed by atoms with Gasteiger partial charge in [-0.1, -0.05) is 6.07 Å². The summed E-state index contributed by atoms with van der Waals surface area (Å²) in [7, 11) is 3.35. The minimum absolute atomic E-state index is 0.224.